The van der Waals surface area contributed by atoms with E-state index in [1.165, 1.54) is 11.6 Å². The molecule has 0 radical (unpaired) electrons. The average molecular weight is 310 g/mol. The number of non-ortho nitro benzene ring substituents is 1. The van der Waals surface area contributed by atoms with Crippen LogP contribution >= 0.6 is 0 Å². The van der Waals surface area contributed by atoms with Crippen molar-refractivity contribution in [3.63, 3.8) is 0 Å². The first-order valence-electron chi connectivity index (χ1n) is 7.95. The van der Waals surface area contributed by atoms with Crippen LogP contribution in [0.2, 0.25) is 0 Å². The highest BCUT2D eigenvalue weighted by Crippen LogP contribution is 2.49. The summed E-state index contributed by atoms with van der Waals surface area (Å²) in [4.78, 5) is 10.7. The summed E-state index contributed by atoms with van der Waals surface area (Å²) in [5, 5.41) is 14.7. The molecule has 4 rings (SSSR count). The Bertz CT molecular complexity index is 747. The van der Waals surface area contributed by atoms with E-state index in [1.54, 1.807) is 12.1 Å². The molecule has 0 aliphatic carbocycles. The number of rotatable bonds is 2. The molecule has 5 heteroatoms. The zero-order chi connectivity index (χ0) is 15.8. The molecule has 23 heavy (non-hydrogen) atoms. The maximum Gasteiger partial charge on any atom is 0.269 e. The van der Waals surface area contributed by atoms with Gasteiger partial charge in [-0.25, -0.2) is 0 Å². The second kappa shape index (κ2) is 5.66. The Labute approximate surface area is 134 Å². The molecule has 0 bridgehead atoms. The first kappa shape index (κ1) is 14.2. The van der Waals surface area contributed by atoms with Crippen molar-refractivity contribution in [3.05, 3.63) is 69.8 Å². The van der Waals surface area contributed by atoms with Gasteiger partial charge >= 0.3 is 0 Å². The highest BCUT2D eigenvalue weighted by atomic mass is 16.6. The first-order valence-corrected chi connectivity index (χ1v) is 7.95. The lowest BCUT2D eigenvalue weighted by Crippen LogP contribution is -2.35. The minimum Gasteiger partial charge on any atom is -0.378 e. The van der Waals surface area contributed by atoms with Crippen LogP contribution in [0.3, 0.4) is 0 Å². The second-order valence-corrected chi connectivity index (χ2v) is 6.16. The zero-order valence-electron chi connectivity index (χ0n) is 12.6. The maximum atomic E-state index is 11.1. The molecule has 1 saturated heterocycles. The molecule has 0 amide bonds. The van der Waals surface area contributed by atoms with Crippen molar-refractivity contribution < 1.29 is 9.66 Å². The normalized spacial score (nSPS) is 25.8. The molecule has 2 aromatic carbocycles. The Morgan fingerprint density at radius 3 is 2.91 bits per heavy atom. The molecule has 3 atom stereocenters. The molecule has 2 aromatic rings. The summed E-state index contributed by atoms with van der Waals surface area (Å²) >= 11 is 0. The van der Waals surface area contributed by atoms with Crippen LogP contribution in [0.25, 0.3) is 0 Å². The fraction of sp³-hybridized carbons (Fsp3) is 0.333. The van der Waals surface area contributed by atoms with Crippen molar-refractivity contribution in [2.45, 2.75) is 25.0 Å². The monoisotopic (exact) mass is 310 g/mol. The van der Waals surface area contributed by atoms with E-state index in [0.29, 0.717) is 5.92 Å². The molecular weight excluding hydrogens is 292 g/mol. The van der Waals surface area contributed by atoms with Crippen LogP contribution in [0.4, 0.5) is 11.4 Å². The Hall–Kier alpha value is -2.40. The van der Waals surface area contributed by atoms with Gasteiger partial charge in [0.1, 0.15) is 0 Å². The third-order valence-electron chi connectivity index (χ3n) is 4.81. The highest BCUT2D eigenvalue weighted by Gasteiger charge is 2.39. The third kappa shape index (κ3) is 2.47. The molecule has 118 valence electrons. The summed E-state index contributed by atoms with van der Waals surface area (Å²) in [5.74, 6) is 0.292. The summed E-state index contributed by atoms with van der Waals surface area (Å²) < 4.78 is 6.06. The van der Waals surface area contributed by atoms with Gasteiger partial charge in [-0.05, 0) is 24.5 Å². The number of fused-ring (bicyclic) bond motifs is 3. The first-order chi connectivity index (χ1) is 11.2. The van der Waals surface area contributed by atoms with Gasteiger partial charge in [-0.15, -0.1) is 0 Å². The Morgan fingerprint density at radius 2 is 2.04 bits per heavy atom. The average Bonchev–Trinajstić information content (AvgIpc) is 2.61. The van der Waals surface area contributed by atoms with Crippen molar-refractivity contribution in [3.8, 4) is 0 Å². The van der Waals surface area contributed by atoms with Crippen LogP contribution in [0.5, 0.6) is 0 Å². The number of benzene rings is 2. The van der Waals surface area contributed by atoms with Gasteiger partial charge in [0, 0.05) is 35.9 Å². The van der Waals surface area contributed by atoms with Crippen LogP contribution in [0.1, 0.15) is 36.1 Å². The van der Waals surface area contributed by atoms with Crippen molar-refractivity contribution in [1.82, 2.24) is 0 Å². The molecule has 0 aromatic heterocycles. The van der Waals surface area contributed by atoms with Crippen LogP contribution in [-0.4, -0.2) is 11.5 Å². The van der Waals surface area contributed by atoms with E-state index in [9.17, 15) is 10.1 Å². The van der Waals surface area contributed by atoms with E-state index in [2.05, 4.69) is 11.4 Å². The number of para-hydroxylation sites is 1. The van der Waals surface area contributed by atoms with Gasteiger partial charge in [-0.3, -0.25) is 10.1 Å². The molecule has 1 N–H and O–H groups in total. The maximum absolute atomic E-state index is 11.1. The molecule has 2 aliphatic rings. The van der Waals surface area contributed by atoms with Crippen LogP contribution in [0.15, 0.2) is 48.5 Å². The fourth-order valence-corrected chi connectivity index (χ4v) is 3.78. The van der Waals surface area contributed by atoms with Gasteiger partial charge in [-0.1, -0.05) is 30.3 Å². The van der Waals surface area contributed by atoms with Gasteiger partial charge in [0.15, 0.2) is 0 Å². The number of ether oxygens (including phenoxy) is 1. The van der Waals surface area contributed by atoms with Gasteiger partial charge in [-0.2, -0.15) is 0 Å². The summed E-state index contributed by atoms with van der Waals surface area (Å²) in [6.45, 7) is 0.775. The quantitative estimate of drug-likeness (QED) is 0.666. The summed E-state index contributed by atoms with van der Waals surface area (Å²) in [5.41, 5.74) is 3.34. The van der Waals surface area contributed by atoms with Gasteiger partial charge in [0.05, 0.1) is 17.1 Å². The SMILES string of the molecule is O=[N+]([O-])c1cccc([C@@H]2Nc3ccccc3[C@H]3OCCC[C@H]32)c1. The van der Waals surface area contributed by atoms with Crippen molar-refractivity contribution >= 4 is 11.4 Å². The van der Waals surface area contributed by atoms with Crippen molar-refractivity contribution in [2.24, 2.45) is 5.92 Å². The fourth-order valence-electron chi connectivity index (χ4n) is 3.78. The predicted octanol–water partition coefficient (Wildman–Crippen LogP) is 4.23. The van der Waals surface area contributed by atoms with E-state index < -0.39 is 0 Å². The number of nitrogens with zero attached hydrogens (tertiary/aromatic N) is 1. The minimum atomic E-state index is -0.338. The number of hydrogen-bond acceptors (Lipinski definition) is 4. The van der Waals surface area contributed by atoms with Crippen LogP contribution in [-0.2, 0) is 4.74 Å². The smallest absolute Gasteiger partial charge is 0.269 e. The molecular formula is C18H18N2O3. The lowest BCUT2D eigenvalue weighted by atomic mass is 9.77. The van der Waals surface area contributed by atoms with Crippen molar-refractivity contribution in [1.29, 1.82) is 0 Å². The minimum absolute atomic E-state index is 0.0371. The number of nitro benzene ring substituents is 1. The standard InChI is InChI=1S/C18H18N2O3/c21-20(22)13-6-3-5-12(11-13)17-15-8-4-10-23-18(15)14-7-1-2-9-16(14)19-17/h1-3,5-7,9,11,15,17-19H,4,8,10H2/t15-,17-,18+/m0/s1. The molecule has 2 heterocycles. The molecule has 0 unspecified atom stereocenters. The highest BCUT2D eigenvalue weighted by molar-refractivity contribution is 5.57. The van der Waals surface area contributed by atoms with E-state index in [1.807, 2.05) is 24.3 Å². The molecule has 0 saturated carbocycles. The Morgan fingerprint density at radius 1 is 1.17 bits per heavy atom. The number of nitro groups is 1. The Balaban J connectivity index is 1.76. The number of nitrogens with one attached hydrogen (secondary N) is 1. The van der Waals surface area contributed by atoms with Gasteiger partial charge in [0.2, 0.25) is 0 Å². The molecule has 2 aliphatic heterocycles. The largest absolute Gasteiger partial charge is 0.378 e. The topological polar surface area (TPSA) is 64.4 Å². The second-order valence-electron chi connectivity index (χ2n) is 6.16. The van der Waals surface area contributed by atoms with Crippen molar-refractivity contribution in [2.75, 3.05) is 11.9 Å². The van der Waals surface area contributed by atoms with E-state index >= 15 is 0 Å². The van der Waals surface area contributed by atoms with E-state index in [4.69, 9.17) is 4.74 Å². The Kier molecular flexibility index (Phi) is 3.50. The molecule has 0 spiro atoms. The van der Waals surface area contributed by atoms with E-state index in [-0.39, 0.29) is 22.8 Å². The summed E-state index contributed by atoms with van der Waals surface area (Å²) in [6.07, 6.45) is 2.14. The number of hydrogen-bond donors (Lipinski definition) is 1. The lowest BCUT2D eigenvalue weighted by Gasteiger charge is -2.43. The summed E-state index contributed by atoms with van der Waals surface area (Å²) in [6, 6.07) is 15.2. The van der Waals surface area contributed by atoms with Gasteiger partial charge in [0.25, 0.3) is 5.69 Å². The van der Waals surface area contributed by atoms with Gasteiger partial charge < -0.3 is 10.1 Å². The van der Waals surface area contributed by atoms with E-state index in [0.717, 1.165) is 30.7 Å². The molecule has 5 nitrogen and oxygen atoms in total. The zero-order valence-corrected chi connectivity index (χ0v) is 12.6. The number of anilines is 1. The lowest BCUT2D eigenvalue weighted by molar-refractivity contribution is -0.384. The van der Waals surface area contributed by atoms with Crippen LogP contribution < -0.4 is 5.32 Å². The van der Waals surface area contributed by atoms with Crippen LogP contribution in [0, 0.1) is 16.0 Å². The summed E-state index contributed by atoms with van der Waals surface area (Å²) in [7, 11) is 0. The molecule has 1 fully saturated rings. The predicted molar refractivity (Wildman–Crippen MR) is 87.3 cm³/mol. The third-order valence-corrected chi connectivity index (χ3v) is 4.81.